The zero-order chi connectivity index (χ0) is 19.0. The fraction of sp³-hybridized carbons (Fsp3) is 0.636. The second-order valence-electron chi connectivity index (χ2n) is 8.93. The van der Waals surface area contributed by atoms with Gasteiger partial charge >= 0.3 is 0 Å². The van der Waals surface area contributed by atoms with E-state index in [-0.39, 0.29) is 17.2 Å². The average Bonchev–Trinajstić information content (AvgIpc) is 3.51. The molecule has 2 saturated heterocycles. The van der Waals surface area contributed by atoms with Crippen LogP contribution in [0.3, 0.4) is 0 Å². The van der Waals surface area contributed by atoms with Crippen LogP contribution < -0.4 is 0 Å². The van der Waals surface area contributed by atoms with E-state index in [4.69, 9.17) is 0 Å². The van der Waals surface area contributed by atoms with Crippen LogP contribution in [0.2, 0.25) is 0 Å². The van der Waals surface area contributed by atoms with Crippen molar-refractivity contribution in [3.05, 3.63) is 35.9 Å². The smallest absolute Gasteiger partial charge is 0.236 e. The third-order valence-electron chi connectivity index (χ3n) is 6.69. The largest absolute Gasteiger partial charge is 0.348 e. The number of piperidine rings is 2. The summed E-state index contributed by atoms with van der Waals surface area (Å²) in [6.07, 6.45) is 5.43. The Morgan fingerprint density at radius 1 is 1.15 bits per heavy atom. The Balaban J connectivity index is 1.49. The number of carbonyl (C=O) groups is 2. The van der Waals surface area contributed by atoms with E-state index in [1.54, 1.807) is 4.90 Å². The monoisotopic (exact) mass is 369 g/mol. The number of likely N-dealkylation sites (N-methyl/N-ethyl adjacent to an activating group) is 1. The van der Waals surface area contributed by atoms with Gasteiger partial charge in [-0.15, -0.1) is 0 Å². The van der Waals surface area contributed by atoms with Crippen molar-refractivity contribution in [2.24, 2.45) is 5.41 Å². The number of hydrogen-bond acceptors (Lipinski definition) is 3. The fourth-order valence-corrected chi connectivity index (χ4v) is 4.75. The lowest BCUT2D eigenvalue weighted by Crippen LogP contribution is -2.55. The lowest BCUT2D eigenvalue weighted by molar-refractivity contribution is -0.142. The number of nitrogens with zero attached hydrogens (tertiary/aromatic N) is 3. The van der Waals surface area contributed by atoms with Crippen LogP contribution in [0.5, 0.6) is 0 Å². The van der Waals surface area contributed by atoms with Crippen molar-refractivity contribution in [1.82, 2.24) is 14.7 Å². The van der Waals surface area contributed by atoms with Crippen molar-refractivity contribution in [3.8, 4) is 0 Å². The first-order valence-electron chi connectivity index (χ1n) is 10.3. The highest BCUT2D eigenvalue weighted by molar-refractivity contribution is 5.85. The van der Waals surface area contributed by atoms with Crippen molar-refractivity contribution >= 4 is 11.8 Å². The predicted molar refractivity (Wildman–Crippen MR) is 105 cm³/mol. The highest BCUT2D eigenvalue weighted by atomic mass is 16.2. The Morgan fingerprint density at radius 3 is 2.41 bits per heavy atom. The summed E-state index contributed by atoms with van der Waals surface area (Å²) in [4.78, 5) is 31.4. The molecule has 1 aromatic rings. The molecule has 4 rings (SSSR count). The van der Waals surface area contributed by atoms with Gasteiger partial charge in [0.25, 0.3) is 0 Å². The van der Waals surface area contributed by atoms with Gasteiger partial charge in [-0.25, -0.2) is 0 Å². The summed E-state index contributed by atoms with van der Waals surface area (Å²) in [7, 11) is 3.64. The molecule has 1 aromatic carbocycles. The van der Waals surface area contributed by atoms with Gasteiger partial charge in [-0.1, -0.05) is 30.3 Å². The van der Waals surface area contributed by atoms with Gasteiger partial charge in [-0.3, -0.25) is 14.5 Å². The topological polar surface area (TPSA) is 43.9 Å². The molecule has 1 aliphatic carbocycles. The molecule has 3 aliphatic rings. The standard InChI is InChI=1S/C22H31N3O2/c1-23(2)20(26)15-24-12-10-22(11-13-24)14-19(17-6-4-3-5-7-17)21(27)25(16-22)18-8-9-18/h3-7,18-19H,8-16H2,1-2H3/t19-/m0/s1. The van der Waals surface area contributed by atoms with E-state index >= 15 is 0 Å². The normalized spacial score (nSPS) is 25.6. The van der Waals surface area contributed by atoms with Crippen LogP contribution in [0.1, 0.15) is 43.6 Å². The van der Waals surface area contributed by atoms with E-state index in [0.717, 1.165) is 57.3 Å². The van der Waals surface area contributed by atoms with Crippen LogP contribution in [-0.2, 0) is 9.59 Å². The van der Waals surface area contributed by atoms with E-state index in [2.05, 4.69) is 21.9 Å². The molecule has 1 saturated carbocycles. The maximum absolute atomic E-state index is 13.2. The molecule has 0 unspecified atom stereocenters. The summed E-state index contributed by atoms with van der Waals surface area (Å²) in [5.41, 5.74) is 1.37. The molecule has 1 atom stereocenters. The quantitative estimate of drug-likeness (QED) is 0.818. The first kappa shape index (κ1) is 18.5. The molecule has 0 radical (unpaired) electrons. The molecule has 3 fully saturated rings. The fourth-order valence-electron chi connectivity index (χ4n) is 4.75. The molecular weight excluding hydrogens is 338 g/mol. The number of carbonyl (C=O) groups excluding carboxylic acids is 2. The second-order valence-corrected chi connectivity index (χ2v) is 8.93. The SMILES string of the molecule is CN(C)C(=O)CN1CCC2(CC1)C[C@@H](c1ccccc1)C(=O)N(C1CC1)C2. The summed E-state index contributed by atoms with van der Waals surface area (Å²) >= 11 is 0. The number of rotatable bonds is 4. The molecule has 0 N–H and O–H groups in total. The summed E-state index contributed by atoms with van der Waals surface area (Å²) in [5.74, 6) is 0.501. The predicted octanol–water partition coefficient (Wildman–Crippen LogP) is 2.34. The van der Waals surface area contributed by atoms with Gasteiger partial charge < -0.3 is 9.80 Å². The second kappa shape index (κ2) is 7.27. The van der Waals surface area contributed by atoms with Crippen molar-refractivity contribution in [1.29, 1.82) is 0 Å². The van der Waals surface area contributed by atoms with Crippen LogP contribution in [0, 0.1) is 5.41 Å². The van der Waals surface area contributed by atoms with Gasteiger partial charge in [0.05, 0.1) is 12.5 Å². The van der Waals surface area contributed by atoms with Crippen molar-refractivity contribution in [2.45, 2.75) is 44.1 Å². The Kier molecular flexibility index (Phi) is 4.97. The first-order chi connectivity index (χ1) is 13.0. The Labute approximate surface area is 162 Å². The third-order valence-corrected chi connectivity index (χ3v) is 6.69. The molecule has 2 heterocycles. The van der Waals surface area contributed by atoms with Crippen molar-refractivity contribution in [3.63, 3.8) is 0 Å². The van der Waals surface area contributed by atoms with Gasteiger partial charge in [0, 0.05) is 26.7 Å². The van der Waals surface area contributed by atoms with Crippen molar-refractivity contribution in [2.75, 3.05) is 40.3 Å². The van der Waals surface area contributed by atoms with Gasteiger partial charge in [0.2, 0.25) is 11.8 Å². The minimum Gasteiger partial charge on any atom is -0.348 e. The molecule has 2 aliphatic heterocycles. The van der Waals surface area contributed by atoms with E-state index in [1.807, 2.05) is 32.3 Å². The Bertz CT molecular complexity index is 691. The lowest BCUT2D eigenvalue weighted by Gasteiger charge is -2.50. The number of likely N-dealkylation sites (tertiary alicyclic amines) is 2. The molecule has 2 amide bonds. The van der Waals surface area contributed by atoms with Crippen LogP contribution in [0.25, 0.3) is 0 Å². The number of amides is 2. The Morgan fingerprint density at radius 2 is 1.81 bits per heavy atom. The van der Waals surface area contributed by atoms with E-state index < -0.39 is 0 Å². The first-order valence-corrected chi connectivity index (χ1v) is 10.3. The minimum atomic E-state index is -0.00416. The molecule has 5 nitrogen and oxygen atoms in total. The summed E-state index contributed by atoms with van der Waals surface area (Å²) in [6, 6.07) is 10.8. The van der Waals surface area contributed by atoms with Crippen LogP contribution >= 0.6 is 0 Å². The molecule has 0 bridgehead atoms. The van der Waals surface area contributed by atoms with Crippen molar-refractivity contribution < 1.29 is 9.59 Å². The molecule has 0 aromatic heterocycles. The minimum absolute atomic E-state index is 0.00416. The van der Waals surface area contributed by atoms with Gasteiger partial charge in [0.15, 0.2) is 0 Å². The van der Waals surface area contributed by atoms with Crippen LogP contribution in [0.4, 0.5) is 0 Å². The number of benzene rings is 1. The maximum Gasteiger partial charge on any atom is 0.236 e. The summed E-state index contributed by atoms with van der Waals surface area (Å²) in [5, 5.41) is 0. The Hall–Kier alpha value is -1.88. The zero-order valence-corrected chi connectivity index (χ0v) is 16.6. The highest BCUT2D eigenvalue weighted by Gasteiger charge is 2.49. The third kappa shape index (κ3) is 3.88. The molecular formula is C22H31N3O2. The van der Waals surface area contributed by atoms with E-state index in [0.29, 0.717) is 18.5 Å². The van der Waals surface area contributed by atoms with E-state index in [1.165, 1.54) is 0 Å². The number of hydrogen-bond donors (Lipinski definition) is 0. The van der Waals surface area contributed by atoms with Gasteiger partial charge in [-0.05, 0) is 56.2 Å². The van der Waals surface area contributed by atoms with Crippen LogP contribution in [-0.4, -0.2) is 72.8 Å². The maximum atomic E-state index is 13.2. The summed E-state index contributed by atoms with van der Waals surface area (Å²) < 4.78 is 0. The van der Waals surface area contributed by atoms with Gasteiger partial charge in [0.1, 0.15) is 0 Å². The molecule has 1 spiro atoms. The van der Waals surface area contributed by atoms with Gasteiger partial charge in [-0.2, -0.15) is 0 Å². The molecule has 146 valence electrons. The van der Waals surface area contributed by atoms with Crippen LogP contribution in [0.15, 0.2) is 30.3 Å². The molecule has 27 heavy (non-hydrogen) atoms. The average molecular weight is 370 g/mol. The lowest BCUT2D eigenvalue weighted by atomic mass is 9.67. The van der Waals surface area contributed by atoms with E-state index in [9.17, 15) is 9.59 Å². The molecule has 5 heteroatoms. The summed E-state index contributed by atoms with van der Waals surface area (Å²) in [6.45, 7) is 3.33. The highest BCUT2D eigenvalue weighted by Crippen LogP contribution is 2.48. The zero-order valence-electron chi connectivity index (χ0n) is 16.6.